The van der Waals surface area contributed by atoms with Crippen LogP contribution in [0.4, 0.5) is 22.0 Å². The van der Waals surface area contributed by atoms with Gasteiger partial charge in [-0.3, -0.25) is 9.35 Å². The average Bonchev–Trinajstić information content (AvgIpc) is 2.33. The summed E-state index contributed by atoms with van der Waals surface area (Å²) in [5, 5.41) is -5.74. The van der Waals surface area contributed by atoms with E-state index in [2.05, 4.69) is 4.74 Å². The maximum atomic E-state index is 13.3. The van der Waals surface area contributed by atoms with Gasteiger partial charge in [-0.25, -0.2) is 0 Å². The Balaban J connectivity index is 3.08. The summed E-state index contributed by atoms with van der Waals surface area (Å²) >= 11 is 0. The van der Waals surface area contributed by atoms with E-state index in [-0.39, 0.29) is 12.8 Å². The first-order valence-electron chi connectivity index (χ1n) is 6.13. The molecule has 130 valence electrons. The Kier molecular flexibility index (Phi) is 5.10. The Hall–Kier alpha value is -1.01. The van der Waals surface area contributed by atoms with Crippen molar-refractivity contribution >= 4 is 16.1 Å². The Morgan fingerprint density at radius 2 is 1.59 bits per heavy atom. The first kappa shape index (κ1) is 19.0. The van der Waals surface area contributed by atoms with E-state index in [1.165, 1.54) is 0 Å². The molecule has 0 heterocycles. The maximum absolute atomic E-state index is 13.3. The van der Waals surface area contributed by atoms with E-state index in [4.69, 9.17) is 10.3 Å². The van der Waals surface area contributed by atoms with Crippen LogP contribution in [0.15, 0.2) is 0 Å². The molecule has 6 nitrogen and oxygen atoms in total. The molecule has 0 amide bonds. The van der Waals surface area contributed by atoms with Crippen molar-refractivity contribution in [3.63, 3.8) is 0 Å². The molecule has 1 rings (SSSR count). The van der Waals surface area contributed by atoms with Crippen molar-refractivity contribution < 1.29 is 44.5 Å². The number of esters is 1. The van der Waals surface area contributed by atoms with Crippen molar-refractivity contribution in [3.8, 4) is 0 Å². The van der Waals surface area contributed by atoms with Gasteiger partial charge in [0, 0.05) is 0 Å². The monoisotopic (exact) mass is 355 g/mol. The second-order valence-corrected chi connectivity index (χ2v) is 6.58. The number of alkyl halides is 5. The zero-order chi connectivity index (χ0) is 17.4. The van der Waals surface area contributed by atoms with Crippen LogP contribution in [0.25, 0.3) is 0 Å². The van der Waals surface area contributed by atoms with Crippen molar-refractivity contribution in [1.29, 1.82) is 0 Å². The highest BCUT2D eigenvalue weighted by molar-refractivity contribution is 7.86. The quantitative estimate of drug-likeness (QED) is 0.451. The highest BCUT2D eigenvalue weighted by Gasteiger charge is 2.66. The summed E-state index contributed by atoms with van der Waals surface area (Å²) in [4.78, 5) is 11.7. The van der Waals surface area contributed by atoms with E-state index >= 15 is 0 Å². The number of carbonyl (C=O) groups is 1. The van der Waals surface area contributed by atoms with Gasteiger partial charge < -0.3 is 10.5 Å². The number of halogens is 5. The van der Waals surface area contributed by atoms with Crippen LogP contribution in [0.2, 0.25) is 0 Å². The molecule has 1 atom stereocenters. The second-order valence-electron chi connectivity index (χ2n) is 5.08. The summed E-state index contributed by atoms with van der Waals surface area (Å²) in [5.41, 5.74) is 3.66. The van der Waals surface area contributed by atoms with Crippen molar-refractivity contribution in [2.24, 2.45) is 5.73 Å². The van der Waals surface area contributed by atoms with Crippen molar-refractivity contribution in [2.45, 2.75) is 55.2 Å². The predicted molar refractivity (Wildman–Crippen MR) is 62.4 cm³/mol. The van der Waals surface area contributed by atoms with Gasteiger partial charge in [0.05, 0.1) is 0 Å². The number of rotatable bonds is 4. The normalized spacial score (nSPS) is 21.2. The molecular formula is C10H14F5NO5S. The molecule has 0 spiro atoms. The number of ether oxygens (including phenoxy) is 1. The highest BCUT2D eigenvalue weighted by atomic mass is 32.2. The van der Waals surface area contributed by atoms with E-state index in [0.29, 0.717) is 19.3 Å². The number of carbonyl (C=O) groups excluding carboxylic acids is 1. The summed E-state index contributed by atoms with van der Waals surface area (Å²) in [6.07, 6.45) is -8.98. The first-order valence-corrected chi connectivity index (χ1v) is 7.57. The topological polar surface area (TPSA) is 107 Å². The largest absolute Gasteiger partial charge is 0.443 e. The fourth-order valence-electron chi connectivity index (χ4n) is 2.07. The number of hydrogen-bond acceptors (Lipinski definition) is 5. The van der Waals surface area contributed by atoms with Crippen LogP contribution in [0.3, 0.4) is 0 Å². The predicted octanol–water partition coefficient (Wildman–Crippen LogP) is 1.60. The Labute approximate surface area is 122 Å². The van der Waals surface area contributed by atoms with Crippen LogP contribution >= 0.6 is 0 Å². The molecule has 0 aromatic rings. The molecular weight excluding hydrogens is 341 g/mol. The molecule has 0 aliphatic heterocycles. The summed E-state index contributed by atoms with van der Waals surface area (Å²) < 4.78 is 97.3. The Morgan fingerprint density at radius 1 is 1.14 bits per heavy atom. The van der Waals surface area contributed by atoms with Crippen LogP contribution in [-0.2, 0) is 19.6 Å². The van der Waals surface area contributed by atoms with Crippen molar-refractivity contribution in [3.05, 3.63) is 0 Å². The van der Waals surface area contributed by atoms with Crippen LogP contribution in [0, 0.1) is 0 Å². The minimum Gasteiger partial charge on any atom is -0.443 e. The summed E-state index contributed by atoms with van der Waals surface area (Å²) in [6, 6.07) is 0. The maximum Gasteiger partial charge on any atom is 0.432 e. The summed E-state index contributed by atoms with van der Waals surface area (Å²) in [6.45, 7) is 0. The molecule has 12 heteroatoms. The molecule has 1 aliphatic carbocycles. The third-order valence-corrected chi connectivity index (χ3v) is 4.23. The SMILES string of the molecule is NC1(C(=O)OC(C(F)(F)F)C(F)(F)S(=O)(=O)O)CCCCC1. The standard InChI is InChI=1S/C10H14F5NO5S/c11-9(12,13)6(10(14,15)22(18,19)20)21-7(17)8(16)4-2-1-3-5-8/h6H,1-5,16H2,(H,18,19,20). The van der Waals surface area contributed by atoms with Crippen molar-refractivity contribution in [1.82, 2.24) is 0 Å². The number of nitrogens with two attached hydrogens (primary N) is 1. The third-order valence-electron chi connectivity index (χ3n) is 3.32. The van der Waals surface area contributed by atoms with E-state index in [1.54, 1.807) is 0 Å². The van der Waals surface area contributed by atoms with Gasteiger partial charge in [0.15, 0.2) is 0 Å². The second kappa shape index (κ2) is 5.89. The zero-order valence-electron chi connectivity index (χ0n) is 11.1. The molecule has 22 heavy (non-hydrogen) atoms. The minimum atomic E-state index is -6.45. The van der Waals surface area contributed by atoms with Gasteiger partial charge in [-0.15, -0.1) is 0 Å². The van der Waals surface area contributed by atoms with Gasteiger partial charge in [0.1, 0.15) is 5.54 Å². The minimum absolute atomic E-state index is 0.0755. The molecule has 0 saturated heterocycles. The van der Waals surface area contributed by atoms with Crippen molar-refractivity contribution in [2.75, 3.05) is 0 Å². The van der Waals surface area contributed by atoms with Gasteiger partial charge in [0.2, 0.25) is 0 Å². The molecule has 0 aromatic carbocycles. The lowest BCUT2D eigenvalue weighted by molar-refractivity contribution is -0.261. The lowest BCUT2D eigenvalue weighted by atomic mass is 9.82. The smallest absolute Gasteiger partial charge is 0.432 e. The molecule has 0 bridgehead atoms. The third kappa shape index (κ3) is 3.84. The van der Waals surface area contributed by atoms with Gasteiger partial charge in [-0.1, -0.05) is 19.3 Å². The van der Waals surface area contributed by atoms with Gasteiger partial charge in [-0.2, -0.15) is 30.4 Å². The van der Waals surface area contributed by atoms with Crippen LogP contribution in [-0.4, -0.2) is 42.0 Å². The Bertz CT molecular complexity index is 526. The molecule has 0 aromatic heterocycles. The summed E-state index contributed by atoms with van der Waals surface area (Å²) in [5.74, 6) is -1.78. The fraction of sp³-hybridized carbons (Fsp3) is 0.900. The number of hydrogen-bond donors (Lipinski definition) is 2. The highest BCUT2D eigenvalue weighted by Crippen LogP contribution is 2.39. The zero-order valence-corrected chi connectivity index (χ0v) is 11.9. The molecule has 1 saturated carbocycles. The fourth-order valence-corrected chi connectivity index (χ4v) is 2.52. The lowest BCUT2D eigenvalue weighted by Gasteiger charge is -2.34. The molecule has 1 unspecified atom stereocenters. The van der Waals surface area contributed by atoms with E-state index in [9.17, 15) is 35.2 Å². The molecule has 1 aliphatic rings. The van der Waals surface area contributed by atoms with E-state index < -0.39 is 39.2 Å². The molecule has 3 N–H and O–H groups in total. The van der Waals surface area contributed by atoms with Crippen LogP contribution in [0.1, 0.15) is 32.1 Å². The van der Waals surface area contributed by atoms with Gasteiger partial charge in [-0.05, 0) is 12.8 Å². The average molecular weight is 355 g/mol. The van der Waals surface area contributed by atoms with E-state index in [1.807, 2.05) is 0 Å². The molecule has 1 fully saturated rings. The van der Waals surface area contributed by atoms with E-state index in [0.717, 1.165) is 0 Å². The first-order chi connectivity index (χ1) is 9.72. The van der Waals surface area contributed by atoms with Gasteiger partial charge in [0.25, 0.3) is 6.10 Å². The van der Waals surface area contributed by atoms with Gasteiger partial charge >= 0.3 is 27.5 Å². The van der Waals surface area contributed by atoms with Crippen LogP contribution in [0.5, 0.6) is 0 Å². The Morgan fingerprint density at radius 3 is 1.95 bits per heavy atom. The molecule has 0 radical (unpaired) electrons. The summed E-state index contributed by atoms with van der Waals surface area (Å²) in [7, 11) is -6.45. The lowest BCUT2D eigenvalue weighted by Crippen LogP contribution is -2.57. The van der Waals surface area contributed by atoms with Crippen LogP contribution < -0.4 is 5.73 Å².